The van der Waals surface area contributed by atoms with Crippen LogP contribution in [0.2, 0.25) is 0 Å². The molecule has 0 saturated carbocycles. The molecular formula is C26H28FN7O. The van der Waals surface area contributed by atoms with Crippen molar-refractivity contribution in [2.24, 2.45) is 0 Å². The fraction of sp³-hybridized carbons (Fsp3) is 0.192. The summed E-state index contributed by atoms with van der Waals surface area (Å²) in [5.41, 5.74) is 3.70. The summed E-state index contributed by atoms with van der Waals surface area (Å²) < 4.78 is 15.4. The molecule has 0 aliphatic heterocycles. The zero-order valence-corrected chi connectivity index (χ0v) is 20.0. The van der Waals surface area contributed by atoms with Gasteiger partial charge in [-0.25, -0.2) is 14.1 Å². The molecule has 1 amide bonds. The highest BCUT2D eigenvalue weighted by Crippen LogP contribution is 2.30. The van der Waals surface area contributed by atoms with Crippen LogP contribution in [0.5, 0.6) is 0 Å². The Morgan fingerprint density at radius 1 is 1.11 bits per heavy atom. The van der Waals surface area contributed by atoms with E-state index in [-0.39, 0.29) is 11.7 Å². The summed E-state index contributed by atoms with van der Waals surface area (Å²) in [6.45, 7) is 5.21. The predicted octanol–water partition coefficient (Wildman–Crippen LogP) is 4.43. The number of hydrogen-bond donors (Lipinski definition) is 2. The van der Waals surface area contributed by atoms with Crippen LogP contribution in [0.3, 0.4) is 0 Å². The first-order valence-electron chi connectivity index (χ1n) is 11.1. The van der Waals surface area contributed by atoms with Crippen molar-refractivity contribution >= 4 is 39.7 Å². The number of carbonyl (C=O) groups excluding carboxylic acids is 1. The monoisotopic (exact) mass is 473 g/mol. The Morgan fingerprint density at radius 3 is 2.69 bits per heavy atom. The Morgan fingerprint density at radius 2 is 1.94 bits per heavy atom. The Hall–Kier alpha value is -4.24. The minimum absolute atomic E-state index is 0.289. The van der Waals surface area contributed by atoms with Gasteiger partial charge in [-0.15, -0.1) is 0 Å². The number of likely N-dealkylation sites (N-methyl/N-ethyl adjacent to an activating group) is 2. The van der Waals surface area contributed by atoms with E-state index in [2.05, 4.69) is 37.1 Å². The lowest BCUT2D eigenvalue weighted by atomic mass is 10.2. The van der Waals surface area contributed by atoms with Gasteiger partial charge in [0.2, 0.25) is 5.91 Å². The molecule has 2 N–H and O–H groups in total. The molecule has 0 atom stereocenters. The number of amides is 1. The van der Waals surface area contributed by atoms with Crippen molar-refractivity contribution in [3.8, 4) is 5.69 Å². The molecule has 9 heteroatoms. The molecule has 2 heterocycles. The number of rotatable bonds is 9. The van der Waals surface area contributed by atoms with Crippen LogP contribution in [-0.2, 0) is 4.79 Å². The average molecular weight is 474 g/mol. The molecule has 8 nitrogen and oxygen atoms in total. The van der Waals surface area contributed by atoms with E-state index in [1.165, 1.54) is 18.2 Å². The summed E-state index contributed by atoms with van der Waals surface area (Å²) in [5, 5.41) is 11.4. The molecular weight excluding hydrogens is 445 g/mol. The summed E-state index contributed by atoms with van der Waals surface area (Å²) in [7, 11) is 6.02. The van der Waals surface area contributed by atoms with Crippen LogP contribution >= 0.6 is 0 Å². The molecule has 0 fully saturated rings. The molecule has 35 heavy (non-hydrogen) atoms. The summed E-state index contributed by atoms with van der Waals surface area (Å²) in [4.78, 5) is 20.8. The maximum Gasteiger partial charge on any atom is 0.247 e. The summed E-state index contributed by atoms with van der Waals surface area (Å²) in [5.74, 6) is -0.0309. The third kappa shape index (κ3) is 5.64. The maximum atomic E-state index is 13.7. The summed E-state index contributed by atoms with van der Waals surface area (Å²) in [6, 6.07) is 13.9. The van der Waals surface area contributed by atoms with Gasteiger partial charge in [-0.05, 0) is 56.6 Å². The molecule has 180 valence electrons. The van der Waals surface area contributed by atoms with Crippen molar-refractivity contribution in [2.75, 3.05) is 49.8 Å². The SMILES string of the molecule is C=CC(=O)Nc1cc(Nc2cc3c(cn2)cnn3-c2cccc(F)c2)ccc1N(C)CCN(C)C. The van der Waals surface area contributed by atoms with Gasteiger partial charge in [-0.3, -0.25) is 4.79 Å². The standard InChI is InChI=1S/C26H28FN7O/c1-5-26(35)31-22-14-20(9-10-23(22)33(4)12-11-32(2)3)30-25-15-24-18(16-28-25)17-29-34(24)21-8-6-7-19(27)13-21/h5-10,13-17H,1,11-12H2,2-4H3,(H,28,30)(H,31,35). The summed E-state index contributed by atoms with van der Waals surface area (Å²) >= 11 is 0. The maximum absolute atomic E-state index is 13.7. The second-order valence-corrected chi connectivity index (χ2v) is 8.44. The van der Waals surface area contributed by atoms with Gasteiger partial charge in [0, 0.05) is 43.5 Å². The van der Waals surface area contributed by atoms with Gasteiger partial charge >= 0.3 is 0 Å². The fourth-order valence-electron chi connectivity index (χ4n) is 3.65. The highest BCUT2D eigenvalue weighted by Gasteiger charge is 2.12. The van der Waals surface area contributed by atoms with E-state index < -0.39 is 0 Å². The number of carbonyl (C=O) groups is 1. The minimum Gasteiger partial charge on any atom is -0.372 e. The van der Waals surface area contributed by atoms with E-state index in [0.29, 0.717) is 17.2 Å². The van der Waals surface area contributed by atoms with E-state index in [4.69, 9.17) is 0 Å². The van der Waals surface area contributed by atoms with Gasteiger partial charge in [0.05, 0.1) is 28.8 Å². The number of anilines is 4. The molecule has 0 aliphatic rings. The minimum atomic E-state index is -0.330. The Labute approximate surface area is 203 Å². The quantitative estimate of drug-likeness (QED) is 0.350. The average Bonchev–Trinajstić information content (AvgIpc) is 3.26. The van der Waals surface area contributed by atoms with E-state index >= 15 is 0 Å². The van der Waals surface area contributed by atoms with Crippen LogP contribution in [0.15, 0.2) is 73.6 Å². The number of nitrogens with one attached hydrogen (secondary N) is 2. The van der Waals surface area contributed by atoms with Crippen LogP contribution in [0, 0.1) is 5.82 Å². The third-order valence-electron chi connectivity index (χ3n) is 5.51. The number of nitrogens with zero attached hydrogens (tertiary/aromatic N) is 5. The second kappa shape index (κ2) is 10.4. The molecule has 0 aliphatic carbocycles. The van der Waals surface area contributed by atoms with Gasteiger partial charge in [0.15, 0.2) is 0 Å². The number of benzene rings is 2. The number of halogens is 1. The zero-order chi connectivity index (χ0) is 24.9. The van der Waals surface area contributed by atoms with Gasteiger partial charge in [-0.1, -0.05) is 12.6 Å². The highest BCUT2D eigenvalue weighted by atomic mass is 19.1. The van der Waals surface area contributed by atoms with Crippen LogP contribution in [0.1, 0.15) is 0 Å². The lowest BCUT2D eigenvalue weighted by Crippen LogP contribution is -2.29. The normalized spacial score (nSPS) is 11.0. The molecule has 2 aromatic carbocycles. The van der Waals surface area contributed by atoms with E-state index in [1.807, 2.05) is 45.4 Å². The largest absolute Gasteiger partial charge is 0.372 e. The first-order chi connectivity index (χ1) is 16.8. The van der Waals surface area contributed by atoms with Gasteiger partial charge in [0.25, 0.3) is 0 Å². The van der Waals surface area contributed by atoms with E-state index in [9.17, 15) is 9.18 Å². The number of aromatic nitrogens is 3. The third-order valence-corrected chi connectivity index (χ3v) is 5.51. The van der Waals surface area contributed by atoms with E-state index in [0.717, 1.165) is 35.4 Å². The molecule has 0 saturated heterocycles. The Bertz CT molecular complexity index is 1370. The number of hydrogen-bond acceptors (Lipinski definition) is 6. The Kier molecular flexibility index (Phi) is 7.07. The van der Waals surface area contributed by atoms with Crippen LogP contribution in [0.25, 0.3) is 16.6 Å². The van der Waals surface area contributed by atoms with Crippen LogP contribution in [-0.4, -0.2) is 59.8 Å². The number of fused-ring (bicyclic) bond motifs is 1. The van der Waals surface area contributed by atoms with Crippen LogP contribution < -0.4 is 15.5 Å². The Balaban J connectivity index is 1.64. The van der Waals surface area contributed by atoms with Crippen molar-refractivity contribution < 1.29 is 9.18 Å². The molecule has 4 aromatic rings. The van der Waals surface area contributed by atoms with Crippen molar-refractivity contribution in [1.29, 1.82) is 0 Å². The highest BCUT2D eigenvalue weighted by molar-refractivity contribution is 6.01. The molecule has 0 unspecified atom stereocenters. The molecule has 0 radical (unpaired) electrons. The lowest BCUT2D eigenvalue weighted by molar-refractivity contribution is -0.111. The topological polar surface area (TPSA) is 78.3 Å². The second-order valence-electron chi connectivity index (χ2n) is 8.44. The molecule has 2 aromatic heterocycles. The first kappa shape index (κ1) is 23.9. The van der Waals surface area contributed by atoms with Crippen LogP contribution in [0.4, 0.5) is 27.3 Å². The smallest absolute Gasteiger partial charge is 0.247 e. The van der Waals surface area contributed by atoms with E-state index in [1.54, 1.807) is 29.2 Å². The van der Waals surface area contributed by atoms with Gasteiger partial charge in [0.1, 0.15) is 11.6 Å². The van der Waals surface area contributed by atoms with Crippen molar-refractivity contribution in [3.63, 3.8) is 0 Å². The fourth-order valence-corrected chi connectivity index (χ4v) is 3.65. The molecule has 4 rings (SSSR count). The van der Waals surface area contributed by atoms with Crippen molar-refractivity contribution in [2.45, 2.75) is 0 Å². The van der Waals surface area contributed by atoms with Gasteiger partial charge < -0.3 is 20.4 Å². The summed E-state index contributed by atoms with van der Waals surface area (Å²) in [6.07, 6.45) is 4.65. The predicted molar refractivity (Wildman–Crippen MR) is 139 cm³/mol. The molecule has 0 bridgehead atoms. The molecule has 0 spiro atoms. The van der Waals surface area contributed by atoms with Crippen molar-refractivity contribution in [3.05, 3.63) is 79.4 Å². The number of pyridine rings is 1. The first-order valence-corrected chi connectivity index (χ1v) is 11.1. The van der Waals surface area contributed by atoms with Gasteiger partial charge in [-0.2, -0.15) is 5.10 Å². The lowest BCUT2D eigenvalue weighted by Gasteiger charge is -2.24. The zero-order valence-electron chi connectivity index (χ0n) is 20.0. The van der Waals surface area contributed by atoms with Crippen molar-refractivity contribution in [1.82, 2.24) is 19.7 Å².